The summed E-state index contributed by atoms with van der Waals surface area (Å²) in [6.07, 6.45) is 2.33. The second-order valence-corrected chi connectivity index (χ2v) is 3.06. The van der Waals surface area contributed by atoms with E-state index in [9.17, 15) is 4.79 Å². The van der Waals surface area contributed by atoms with Gasteiger partial charge in [0.25, 0.3) is 0 Å². The van der Waals surface area contributed by atoms with Gasteiger partial charge in [0.15, 0.2) is 17.3 Å². The highest BCUT2D eigenvalue weighted by atomic mass is 35.5. The summed E-state index contributed by atoms with van der Waals surface area (Å²) >= 11 is 7.00. The molecular formula is C6H6ClN3OS. The van der Waals surface area contributed by atoms with E-state index < -0.39 is 0 Å². The summed E-state index contributed by atoms with van der Waals surface area (Å²) in [4.78, 5) is 18.0. The number of anilines is 1. The van der Waals surface area contributed by atoms with E-state index >= 15 is 0 Å². The third kappa shape index (κ3) is 1.67. The first-order valence-electron chi connectivity index (χ1n) is 3.01. The Morgan fingerprint density at radius 1 is 1.58 bits per heavy atom. The first kappa shape index (κ1) is 9.28. The van der Waals surface area contributed by atoms with E-state index in [0.717, 1.165) is 0 Å². The fourth-order valence-corrected chi connectivity index (χ4v) is 1.41. The predicted octanol–water partition coefficient (Wildman–Crippen LogP) is 1.25. The van der Waals surface area contributed by atoms with Gasteiger partial charge >= 0.3 is 0 Å². The number of carbonyl (C=O) groups is 1. The van der Waals surface area contributed by atoms with Crippen LogP contribution in [-0.2, 0) is 0 Å². The molecule has 0 bridgehead atoms. The molecule has 0 saturated heterocycles. The van der Waals surface area contributed by atoms with E-state index in [2.05, 4.69) is 9.97 Å². The van der Waals surface area contributed by atoms with Crippen LogP contribution in [0, 0.1) is 0 Å². The highest BCUT2D eigenvalue weighted by molar-refractivity contribution is 7.98. The molecule has 64 valence electrons. The Balaban J connectivity index is 3.25. The SMILES string of the molecule is CSc1nc(N)c(C=O)nc1Cl. The van der Waals surface area contributed by atoms with Gasteiger partial charge in [-0.05, 0) is 6.26 Å². The maximum atomic E-state index is 10.3. The molecule has 0 spiro atoms. The summed E-state index contributed by atoms with van der Waals surface area (Å²) in [6.45, 7) is 0. The van der Waals surface area contributed by atoms with Gasteiger partial charge in [-0.15, -0.1) is 11.8 Å². The topological polar surface area (TPSA) is 68.9 Å². The van der Waals surface area contributed by atoms with Gasteiger partial charge in [0.05, 0.1) is 0 Å². The number of thioether (sulfide) groups is 1. The average molecular weight is 204 g/mol. The molecule has 1 heterocycles. The van der Waals surface area contributed by atoms with Crippen molar-refractivity contribution in [3.05, 3.63) is 10.8 Å². The molecule has 0 amide bonds. The van der Waals surface area contributed by atoms with Gasteiger partial charge in [-0.25, -0.2) is 9.97 Å². The van der Waals surface area contributed by atoms with Gasteiger partial charge in [0.1, 0.15) is 10.7 Å². The number of hydrogen-bond donors (Lipinski definition) is 1. The standard InChI is InChI=1S/C6H6ClN3OS/c1-12-6-4(7)9-3(2-11)5(8)10-6/h2H,1H3,(H2,8,10). The first-order chi connectivity index (χ1) is 5.69. The van der Waals surface area contributed by atoms with Gasteiger partial charge in [0, 0.05) is 0 Å². The normalized spacial score (nSPS) is 9.83. The smallest absolute Gasteiger partial charge is 0.172 e. The Labute approximate surface area is 78.5 Å². The van der Waals surface area contributed by atoms with Crippen molar-refractivity contribution >= 4 is 35.5 Å². The lowest BCUT2D eigenvalue weighted by atomic mass is 10.4. The lowest BCUT2D eigenvalue weighted by Gasteiger charge is -2.01. The molecule has 0 aromatic carbocycles. The summed E-state index contributed by atoms with van der Waals surface area (Å²) in [5.74, 6) is 0.110. The van der Waals surface area contributed by atoms with Crippen molar-refractivity contribution in [1.82, 2.24) is 9.97 Å². The monoisotopic (exact) mass is 203 g/mol. The van der Waals surface area contributed by atoms with Crippen LogP contribution in [-0.4, -0.2) is 22.5 Å². The largest absolute Gasteiger partial charge is 0.382 e. The number of hydrogen-bond acceptors (Lipinski definition) is 5. The van der Waals surface area contributed by atoms with Crippen molar-refractivity contribution in [3.63, 3.8) is 0 Å². The number of halogens is 1. The molecule has 1 rings (SSSR count). The molecule has 2 N–H and O–H groups in total. The Morgan fingerprint density at radius 2 is 2.25 bits per heavy atom. The van der Waals surface area contributed by atoms with E-state index in [4.69, 9.17) is 17.3 Å². The number of nitrogens with two attached hydrogens (primary N) is 1. The highest BCUT2D eigenvalue weighted by Crippen LogP contribution is 2.22. The maximum Gasteiger partial charge on any atom is 0.172 e. The highest BCUT2D eigenvalue weighted by Gasteiger charge is 2.07. The van der Waals surface area contributed by atoms with E-state index in [0.29, 0.717) is 11.3 Å². The van der Waals surface area contributed by atoms with Crippen LogP contribution in [0.1, 0.15) is 10.5 Å². The summed E-state index contributed by atoms with van der Waals surface area (Å²) in [6, 6.07) is 0. The molecule has 0 aliphatic carbocycles. The Bertz CT molecular complexity index is 318. The molecule has 0 fully saturated rings. The maximum absolute atomic E-state index is 10.3. The zero-order chi connectivity index (χ0) is 9.14. The third-order valence-corrected chi connectivity index (χ3v) is 2.23. The molecule has 0 aliphatic heterocycles. The molecule has 12 heavy (non-hydrogen) atoms. The lowest BCUT2D eigenvalue weighted by Crippen LogP contribution is -2.01. The van der Waals surface area contributed by atoms with Gasteiger partial charge in [0.2, 0.25) is 0 Å². The minimum absolute atomic E-state index is 0.0813. The van der Waals surface area contributed by atoms with Crippen molar-refractivity contribution in [1.29, 1.82) is 0 Å². The fourth-order valence-electron chi connectivity index (χ4n) is 0.640. The van der Waals surface area contributed by atoms with Crippen molar-refractivity contribution < 1.29 is 4.79 Å². The van der Waals surface area contributed by atoms with Crippen LogP contribution < -0.4 is 5.73 Å². The summed E-state index contributed by atoms with van der Waals surface area (Å²) in [5.41, 5.74) is 5.48. The van der Waals surface area contributed by atoms with E-state index in [1.807, 2.05) is 0 Å². The minimum Gasteiger partial charge on any atom is -0.382 e. The molecule has 0 radical (unpaired) electrons. The van der Waals surface area contributed by atoms with E-state index in [1.54, 1.807) is 6.26 Å². The third-order valence-electron chi connectivity index (χ3n) is 1.18. The number of nitrogens with zero attached hydrogens (tertiary/aromatic N) is 2. The molecule has 0 aliphatic rings. The van der Waals surface area contributed by atoms with E-state index in [1.165, 1.54) is 11.8 Å². The summed E-state index contributed by atoms with van der Waals surface area (Å²) < 4.78 is 0. The number of nitrogen functional groups attached to an aromatic ring is 1. The Morgan fingerprint density at radius 3 is 2.75 bits per heavy atom. The van der Waals surface area contributed by atoms with Gasteiger partial charge in [-0.1, -0.05) is 11.6 Å². The number of aromatic nitrogens is 2. The Hall–Kier alpha value is -0.810. The van der Waals surface area contributed by atoms with Crippen molar-refractivity contribution in [2.45, 2.75) is 5.03 Å². The van der Waals surface area contributed by atoms with Gasteiger partial charge in [-0.3, -0.25) is 4.79 Å². The van der Waals surface area contributed by atoms with E-state index in [-0.39, 0.29) is 16.7 Å². The second-order valence-electron chi connectivity index (χ2n) is 1.91. The zero-order valence-electron chi connectivity index (χ0n) is 6.24. The average Bonchev–Trinajstić information content (AvgIpc) is 2.08. The molecule has 0 unspecified atom stereocenters. The van der Waals surface area contributed by atoms with Crippen LogP contribution >= 0.6 is 23.4 Å². The fraction of sp³-hybridized carbons (Fsp3) is 0.167. The van der Waals surface area contributed by atoms with Gasteiger partial charge in [-0.2, -0.15) is 0 Å². The second kappa shape index (κ2) is 3.73. The molecular weight excluding hydrogens is 198 g/mol. The lowest BCUT2D eigenvalue weighted by molar-refractivity contribution is 0.111. The van der Waals surface area contributed by atoms with Crippen LogP contribution in [0.2, 0.25) is 5.15 Å². The van der Waals surface area contributed by atoms with Crippen LogP contribution in [0.3, 0.4) is 0 Å². The molecule has 6 heteroatoms. The molecule has 0 saturated carbocycles. The molecule has 0 atom stereocenters. The first-order valence-corrected chi connectivity index (χ1v) is 4.61. The van der Waals surface area contributed by atoms with Crippen molar-refractivity contribution in [3.8, 4) is 0 Å². The van der Waals surface area contributed by atoms with Crippen molar-refractivity contribution in [2.24, 2.45) is 0 Å². The Kier molecular flexibility index (Phi) is 2.88. The van der Waals surface area contributed by atoms with Crippen molar-refractivity contribution in [2.75, 3.05) is 12.0 Å². The van der Waals surface area contributed by atoms with Crippen LogP contribution in [0.15, 0.2) is 5.03 Å². The van der Waals surface area contributed by atoms with Crippen LogP contribution in [0.5, 0.6) is 0 Å². The number of rotatable bonds is 2. The zero-order valence-corrected chi connectivity index (χ0v) is 7.82. The molecule has 4 nitrogen and oxygen atoms in total. The summed E-state index contributed by atoms with van der Waals surface area (Å²) in [5, 5.41) is 0.735. The summed E-state index contributed by atoms with van der Waals surface area (Å²) in [7, 11) is 0. The minimum atomic E-state index is 0.0813. The number of aldehydes is 1. The molecule has 1 aromatic rings. The van der Waals surface area contributed by atoms with Gasteiger partial charge < -0.3 is 5.73 Å². The number of carbonyl (C=O) groups excluding carboxylic acids is 1. The predicted molar refractivity (Wildman–Crippen MR) is 48.6 cm³/mol. The molecule has 1 aromatic heterocycles. The van der Waals surface area contributed by atoms with Crippen LogP contribution in [0.4, 0.5) is 5.82 Å². The van der Waals surface area contributed by atoms with Crippen LogP contribution in [0.25, 0.3) is 0 Å². The quantitative estimate of drug-likeness (QED) is 0.579.